The molecule has 0 saturated carbocycles. The smallest absolute Gasteiger partial charge is 0.210 e. The molecular weight excluding hydrogens is 202 g/mol. The number of piperazine rings is 1. The maximum absolute atomic E-state index is 10.5. The standard InChI is InChI=1S/C7H11N5OS/c8-6-9-10-7(14-6)12-3-1-11(5-13)2-4-12/h5H,1-4H2,(H2,8,9). The molecule has 0 atom stereocenters. The van der Waals surface area contributed by atoms with Gasteiger partial charge in [-0.3, -0.25) is 4.79 Å². The maximum atomic E-state index is 10.5. The zero-order chi connectivity index (χ0) is 9.97. The molecule has 6 nitrogen and oxygen atoms in total. The Morgan fingerprint density at radius 1 is 1.29 bits per heavy atom. The molecule has 14 heavy (non-hydrogen) atoms. The van der Waals surface area contributed by atoms with Gasteiger partial charge in [-0.25, -0.2) is 0 Å². The van der Waals surface area contributed by atoms with E-state index in [1.807, 2.05) is 0 Å². The summed E-state index contributed by atoms with van der Waals surface area (Å²) in [5.74, 6) is 0. The zero-order valence-electron chi connectivity index (χ0n) is 7.59. The number of amides is 1. The second-order valence-corrected chi connectivity index (χ2v) is 4.04. The summed E-state index contributed by atoms with van der Waals surface area (Å²) in [5.41, 5.74) is 5.49. The Labute approximate surface area is 85.3 Å². The first-order valence-electron chi connectivity index (χ1n) is 4.33. The van der Waals surface area contributed by atoms with Crippen LogP contribution in [0.25, 0.3) is 0 Å². The molecule has 1 aromatic rings. The molecule has 0 radical (unpaired) electrons. The van der Waals surface area contributed by atoms with Crippen molar-refractivity contribution in [3.8, 4) is 0 Å². The second-order valence-electron chi connectivity index (χ2n) is 3.05. The number of hydrogen-bond donors (Lipinski definition) is 1. The normalized spacial score (nSPS) is 17.1. The van der Waals surface area contributed by atoms with Crippen molar-refractivity contribution in [3.05, 3.63) is 0 Å². The highest BCUT2D eigenvalue weighted by atomic mass is 32.1. The summed E-state index contributed by atoms with van der Waals surface area (Å²) < 4.78 is 0. The molecule has 0 spiro atoms. The molecule has 1 amide bonds. The van der Waals surface area contributed by atoms with Crippen LogP contribution in [0.1, 0.15) is 0 Å². The molecule has 0 unspecified atom stereocenters. The molecule has 1 aliphatic rings. The molecule has 7 heteroatoms. The Hall–Kier alpha value is -1.37. The fraction of sp³-hybridized carbons (Fsp3) is 0.571. The van der Waals surface area contributed by atoms with E-state index in [4.69, 9.17) is 5.73 Å². The molecule has 0 bridgehead atoms. The Kier molecular flexibility index (Phi) is 2.49. The van der Waals surface area contributed by atoms with Crippen LogP contribution in [0, 0.1) is 0 Å². The molecule has 1 saturated heterocycles. The van der Waals surface area contributed by atoms with E-state index in [1.165, 1.54) is 11.3 Å². The summed E-state index contributed by atoms with van der Waals surface area (Å²) >= 11 is 1.38. The first kappa shape index (κ1) is 9.20. The van der Waals surface area contributed by atoms with E-state index < -0.39 is 0 Å². The lowest BCUT2D eigenvalue weighted by Crippen LogP contribution is -2.45. The van der Waals surface area contributed by atoms with Gasteiger partial charge in [-0.2, -0.15) is 0 Å². The van der Waals surface area contributed by atoms with E-state index in [9.17, 15) is 4.79 Å². The fourth-order valence-corrected chi connectivity index (χ4v) is 2.03. The lowest BCUT2D eigenvalue weighted by Gasteiger charge is -2.31. The zero-order valence-corrected chi connectivity index (χ0v) is 8.40. The van der Waals surface area contributed by atoms with Crippen molar-refractivity contribution >= 4 is 28.0 Å². The number of carbonyl (C=O) groups excluding carboxylic acids is 1. The maximum Gasteiger partial charge on any atom is 0.210 e. The highest BCUT2D eigenvalue weighted by Gasteiger charge is 2.18. The summed E-state index contributed by atoms with van der Waals surface area (Å²) in [7, 11) is 0. The van der Waals surface area contributed by atoms with Crippen LogP contribution in [0.5, 0.6) is 0 Å². The Morgan fingerprint density at radius 2 is 2.00 bits per heavy atom. The van der Waals surface area contributed by atoms with Gasteiger partial charge in [-0.05, 0) is 0 Å². The minimum absolute atomic E-state index is 0.484. The minimum Gasteiger partial charge on any atom is -0.374 e. The first-order chi connectivity index (χ1) is 6.79. The van der Waals surface area contributed by atoms with Gasteiger partial charge in [0.05, 0.1) is 0 Å². The second kappa shape index (κ2) is 3.79. The molecule has 2 heterocycles. The van der Waals surface area contributed by atoms with Crippen LogP contribution in [0.15, 0.2) is 0 Å². The van der Waals surface area contributed by atoms with Crippen molar-refractivity contribution in [2.45, 2.75) is 0 Å². The van der Waals surface area contributed by atoms with Crippen LogP contribution in [-0.4, -0.2) is 47.7 Å². The summed E-state index contributed by atoms with van der Waals surface area (Å²) in [6.07, 6.45) is 0.881. The fourth-order valence-electron chi connectivity index (χ4n) is 1.37. The van der Waals surface area contributed by atoms with Gasteiger partial charge in [-0.15, -0.1) is 10.2 Å². The van der Waals surface area contributed by atoms with E-state index in [0.717, 1.165) is 37.7 Å². The minimum atomic E-state index is 0.484. The van der Waals surface area contributed by atoms with E-state index >= 15 is 0 Å². The first-order valence-corrected chi connectivity index (χ1v) is 5.14. The molecule has 1 aliphatic heterocycles. The largest absolute Gasteiger partial charge is 0.374 e. The predicted octanol–water partition coefficient (Wildman–Crippen LogP) is -0.601. The lowest BCUT2D eigenvalue weighted by atomic mass is 10.3. The Balaban J connectivity index is 1.98. The third-order valence-electron chi connectivity index (χ3n) is 2.16. The van der Waals surface area contributed by atoms with Crippen molar-refractivity contribution in [2.75, 3.05) is 36.8 Å². The van der Waals surface area contributed by atoms with Crippen molar-refractivity contribution in [1.29, 1.82) is 0 Å². The van der Waals surface area contributed by atoms with Crippen molar-refractivity contribution in [2.24, 2.45) is 0 Å². The number of nitrogens with two attached hydrogens (primary N) is 1. The van der Waals surface area contributed by atoms with Gasteiger partial charge >= 0.3 is 0 Å². The van der Waals surface area contributed by atoms with E-state index in [2.05, 4.69) is 15.1 Å². The number of hydrogen-bond acceptors (Lipinski definition) is 6. The highest BCUT2D eigenvalue weighted by molar-refractivity contribution is 7.18. The number of anilines is 2. The lowest BCUT2D eigenvalue weighted by molar-refractivity contribution is -0.118. The van der Waals surface area contributed by atoms with Gasteiger partial charge in [0.15, 0.2) is 0 Å². The van der Waals surface area contributed by atoms with Crippen LogP contribution >= 0.6 is 11.3 Å². The summed E-state index contributed by atoms with van der Waals surface area (Å²) in [6.45, 7) is 3.08. The van der Waals surface area contributed by atoms with Crippen LogP contribution in [0.2, 0.25) is 0 Å². The van der Waals surface area contributed by atoms with Crippen molar-refractivity contribution in [1.82, 2.24) is 15.1 Å². The third-order valence-corrected chi connectivity index (χ3v) is 2.98. The van der Waals surface area contributed by atoms with Crippen molar-refractivity contribution in [3.63, 3.8) is 0 Å². The number of rotatable bonds is 2. The van der Waals surface area contributed by atoms with Gasteiger partial charge in [0.1, 0.15) is 0 Å². The number of aromatic nitrogens is 2. The SMILES string of the molecule is Nc1nnc(N2CCN(C=O)CC2)s1. The number of carbonyl (C=O) groups is 1. The van der Waals surface area contributed by atoms with E-state index in [0.29, 0.717) is 5.13 Å². The molecule has 0 aliphatic carbocycles. The van der Waals surface area contributed by atoms with E-state index in [-0.39, 0.29) is 0 Å². The van der Waals surface area contributed by atoms with Crippen LogP contribution in [-0.2, 0) is 4.79 Å². The van der Waals surface area contributed by atoms with Crippen LogP contribution in [0.4, 0.5) is 10.3 Å². The quantitative estimate of drug-likeness (QED) is 0.664. The summed E-state index contributed by atoms with van der Waals surface area (Å²) in [5, 5.41) is 9.03. The van der Waals surface area contributed by atoms with Gasteiger partial charge in [0.2, 0.25) is 16.7 Å². The average Bonchev–Trinajstić information content (AvgIpc) is 2.65. The van der Waals surface area contributed by atoms with Crippen LogP contribution < -0.4 is 10.6 Å². The average molecular weight is 213 g/mol. The topological polar surface area (TPSA) is 75.3 Å². The summed E-state index contributed by atoms with van der Waals surface area (Å²) in [6, 6.07) is 0. The van der Waals surface area contributed by atoms with Crippen molar-refractivity contribution < 1.29 is 4.79 Å². The Morgan fingerprint density at radius 3 is 2.50 bits per heavy atom. The van der Waals surface area contributed by atoms with Gasteiger partial charge in [0.25, 0.3) is 0 Å². The van der Waals surface area contributed by atoms with Gasteiger partial charge in [0, 0.05) is 26.2 Å². The summed E-state index contributed by atoms with van der Waals surface area (Å²) in [4.78, 5) is 14.3. The van der Waals surface area contributed by atoms with Gasteiger partial charge < -0.3 is 15.5 Å². The monoisotopic (exact) mass is 213 g/mol. The molecule has 2 rings (SSSR count). The molecule has 2 N–H and O–H groups in total. The Bertz CT molecular complexity index is 320. The van der Waals surface area contributed by atoms with Crippen LogP contribution in [0.3, 0.4) is 0 Å². The third kappa shape index (κ3) is 1.77. The highest BCUT2D eigenvalue weighted by Crippen LogP contribution is 2.22. The van der Waals surface area contributed by atoms with E-state index in [1.54, 1.807) is 4.90 Å². The number of nitrogen functional groups attached to an aromatic ring is 1. The number of nitrogens with zero attached hydrogens (tertiary/aromatic N) is 4. The molecule has 1 fully saturated rings. The molecular formula is C7H11N5OS. The molecule has 0 aromatic carbocycles. The molecule has 1 aromatic heterocycles. The molecule has 76 valence electrons. The van der Waals surface area contributed by atoms with Gasteiger partial charge in [-0.1, -0.05) is 11.3 Å². The predicted molar refractivity (Wildman–Crippen MR) is 54.2 cm³/mol.